The molecule has 0 saturated carbocycles. The van der Waals surface area contributed by atoms with Crippen molar-refractivity contribution in [1.29, 1.82) is 0 Å². The second kappa shape index (κ2) is 8.68. The highest BCUT2D eigenvalue weighted by Crippen LogP contribution is 2.00. The van der Waals surface area contributed by atoms with Crippen LogP contribution in [-0.2, 0) is 9.53 Å². The molecule has 0 spiro atoms. The van der Waals surface area contributed by atoms with Crippen LogP contribution in [0.15, 0.2) is 50.1 Å². The Bertz CT molecular complexity index is 272. The first-order valence-corrected chi connectivity index (χ1v) is 5.05. The van der Waals surface area contributed by atoms with Crippen molar-refractivity contribution in [3.8, 4) is 0 Å². The second-order valence-electron chi connectivity index (χ2n) is 3.26. The Morgan fingerprint density at radius 1 is 1.12 bits per heavy atom. The maximum Gasteiger partial charge on any atom is 0.335 e. The van der Waals surface area contributed by atoms with Crippen molar-refractivity contribution in [2.75, 3.05) is 26.2 Å². The number of nitrogens with zero attached hydrogens (tertiary/aromatic N) is 1. The van der Waals surface area contributed by atoms with Gasteiger partial charge in [0, 0.05) is 25.2 Å². The minimum atomic E-state index is -0.391. The molecule has 0 heterocycles. The molecule has 0 aliphatic heterocycles. The molecule has 0 saturated heterocycles. The van der Waals surface area contributed by atoms with E-state index in [0.29, 0.717) is 25.2 Å². The zero-order chi connectivity index (χ0) is 12.4. The van der Waals surface area contributed by atoms with Crippen LogP contribution in [0.25, 0.3) is 0 Å². The molecule has 88 valence electrons. The number of carbonyl (C=O) groups excluding carboxylic acids is 1. The summed E-state index contributed by atoms with van der Waals surface area (Å²) in [5.41, 5.74) is 0.422. The van der Waals surface area contributed by atoms with Gasteiger partial charge in [-0.2, -0.15) is 0 Å². The molecule has 0 amide bonds. The summed E-state index contributed by atoms with van der Waals surface area (Å²) in [5, 5.41) is 0. The van der Waals surface area contributed by atoms with E-state index < -0.39 is 5.97 Å². The molecule has 0 radical (unpaired) electrons. The Morgan fingerprint density at radius 3 is 2.12 bits per heavy atom. The van der Waals surface area contributed by atoms with E-state index in [2.05, 4.69) is 26.3 Å². The van der Waals surface area contributed by atoms with Crippen molar-refractivity contribution in [3.05, 3.63) is 50.1 Å². The van der Waals surface area contributed by atoms with Gasteiger partial charge in [0.15, 0.2) is 0 Å². The number of hydrogen-bond donors (Lipinski definition) is 0. The average Bonchev–Trinajstić information content (AvgIpc) is 2.26. The monoisotopic (exact) mass is 221 g/mol. The van der Waals surface area contributed by atoms with Crippen LogP contribution in [0, 0.1) is 0 Å². The molecule has 0 N–H and O–H groups in total. The molecule has 0 rings (SSSR count). The minimum absolute atomic E-state index is 0.209. The Morgan fingerprint density at radius 2 is 1.69 bits per heavy atom. The van der Waals surface area contributed by atoms with Crippen molar-refractivity contribution in [2.45, 2.75) is 0 Å². The van der Waals surface area contributed by atoms with Gasteiger partial charge in [0.25, 0.3) is 0 Å². The van der Waals surface area contributed by atoms with Crippen LogP contribution in [0.5, 0.6) is 0 Å². The molecule has 0 bridgehead atoms. The van der Waals surface area contributed by atoms with Gasteiger partial charge in [-0.15, -0.1) is 13.2 Å². The third-order valence-electron chi connectivity index (χ3n) is 1.81. The highest BCUT2D eigenvalue weighted by molar-refractivity contribution is 5.88. The quantitative estimate of drug-likeness (QED) is 0.338. The van der Waals surface area contributed by atoms with Crippen molar-refractivity contribution >= 4 is 5.97 Å². The molecular formula is C13H19NO2. The summed E-state index contributed by atoms with van der Waals surface area (Å²) in [6, 6.07) is 0. The number of hydrogen-bond acceptors (Lipinski definition) is 3. The zero-order valence-electron chi connectivity index (χ0n) is 9.65. The number of rotatable bonds is 9. The van der Waals surface area contributed by atoms with E-state index in [0.717, 1.165) is 0 Å². The van der Waals surface area contributed by atoms with E-state index in [1.54, 1.807) is 12.2 Å². The fourth-order valence-corrected chi connectivity index (χ4v) is 1.14. The number of esters is 1. The third kappa shape index (κ3) is 5.98. The highest BCUT2D eigenvalue weighted by atomic mass is 16.5. The Labute approximate surface area is 97.4 Å². The summed E-state index contributed by atoms with van der Waals surface area (Å²) in [6.07, 6.45) is 5.06. The fourth-order valence-electron chi connectivity index (χ4n) is 1.14. The van der Waals surface area contributed by atoms with Gasteiger partial charge in [-0.3, -0.25) is 4.90 Å². The van der Waals surface area contributed by atoms with Crippen LogP contribution >= 0.6 is 0 Å². The summed E-state index contributed by atoms with van der Waals surface area (Å²) >= 11 is 0. The summed E-state index contributed by atoms with van der Waals surface area (Å²) in [7, 11) is 0. The lowest BCUT2D eigenvalue weighted by atomic mass is 10.2. The largest absolute Gasteiger partial charge is 0.458 e. The van der Waals surface area contributed by atoms with E-state index in [9.17, 15) is 4.79 Å². The SMILES string of the molecule is C=CCOC(=O)C(=C)CN(CC=C)CC=C. The lowest BCUT2D eigenvalue weighted by Gasteiger charge is -2.19. The van der Waals surface area contributed by atoms with Crippen LogP contribution in [0.3, 0.4) is 0 Å². The molecule has 0 unspecified atom stereocenters. The van der Waals surface area contributed by atoms with Gasteiger partial charge in [-0.25, -0.2) is 4.79 Å². The fraction of sp³-hybridized carbons (Fsp3) is 0.308. The topological polar surface area (TPSA) is 29.5 Å². The van der Waals surface area contributed by atoms with Crippen LogP contribution in [-0.4, -0.2) is 37.1 Å². The molecule has 0 aromatic heterocycles. The normalized spacial score (nSPS) is 9.56. The first-order chi connectivity index (χ1) is 7.65. The second-order valence-corrected chi connectivity index (χ2v) is 3.26. The first-order valence-electron chi connectivity index (χ1n) is 5.05. The molecule has 3 nitrogen and oxygen atoms in total. The standard InChI is InChI=1S/C13H19NO2/c1-5-8-14(9-6-2)11-12(4)13(15)16-10-7-3/h5-7H,1-4,8-11H2. The summed E-state index contributed by atoms with van der Waals surface area (Å²) in [6.45, 7) is 16.5. The van der Waals surface area contributed by atoms with Gasteiger partial charge in [0.05, 0.1) is 0 Å². The summed E-state index contributed by atoms with van der Waals surface area (Å²) in [5.74, 6) is -0.391. The number of carbonyl (C=O) groups is 1. The van der Waals surface area contributed by atoms with E-state index in [1.807, 2.05) is 4.90 Å². The van der Waals surface area contributed by atoms with Crippen molar-refractivity contribution in [2.24, 2.45) is 0 Å². The van der Waals surface area contributed by atoms with Crippen LogP contribution in [0.1, 0.15) is 0 Å². The molecule has 0 aromatic rings. The molecule has 0 aliphatic rings. The Kier molecular flexibility index (Phi) is 7.81. The smallest absolute Gasteiger partial charge is 0.335 e. The maximum absolute atomic E-state index is 11.4. The van der Waals surface area contributed by atoms with Gasteiger partial charge in [-0.1, -0.05) is 31.4 Å². The van der Waals surface area contributed by atoms with Crippen molar-refractivity contribution < 1.29 is 9.53 Å². The Balaban J connectivity index is 4.15. The predicted octanol–water partition coefficient (Wildman–Crippen LogP) is 1.95. The molecule has 16 heavy (non-hydrogen) atoms. The molecule has 0 atom stereocenters. The highest BCUT2D eigenvalue weighted by Gasteiger charge is 2.11. The van der Waals surface area contributed by atoms with E-state index >= 15 is 0 Å². The molecule has 3 heteroatoms. The lowest BCUT2D eigenvalue weighted by Crippen LogP contribution is -2.28. The maximum atomic E-state index is 11.4. The zero-order valence-corrected chi connectivity index (χ0v) is 9.65. The van der Waals surface area contributed by atoms with E-state index in [-0.39, 0.29) is 6.61 Å². The van der Waals surface area contributed by atoms with Gasteiger partial charge < -0.3 is 4.74 Å². The van der Waals surface area contributed by atoms with Gasteiger partial charge in [0.2, 0.25) is 0 Å². The third-order valence-corrected chi connectivity index (χ3v) is 1.81. The van der Waals surface area contributed by atoms with Crippen LogP contribution in [0.4, 0.5) is 0 Å². The van der Waals surface area contributed by atoms with Crippen LogP contribution in [0.2, 0.25) is 0 Å². The van der Waals surface area contributed by atoms with E-state index in [1.165, 1.54) is 6.08 Å². The predicted molar refractivity (Wildman–Crippen MR) is 67.1 cm³/mol. The molecule has 0 aliphatic carbocycles. The summed E-state index contributed by atoms with van der Waals surface area (Å²) in [4.78, 5) is 13.4. The lowest BCUT2D eigenvalue weighted by molar-refractivity contribution is -0.138. The molecular weight excluding hydrogens is 202 g/mol. The van der Waals surface area contributed by atoms with Gasteiger partial charge in [0.1, 0.15) is 6.61 Å². The van der Waals surface area contributed by atoms with Crippen LogP contribution < -0.4 is 0 Å². The summed E-state index contributed by atoms with van der Waals surface area (Å²) < 4.78 is 4.88. The minimum Gasteiger partial charge on any atom is -0.458 e. The average molecular weight is 221 g/mol. The van der Waals surface area contributed by atoms with Gasteiger partial charge in [-0.05, 0) is 0 Å². The van der Waals surface area contributed by atoms with E-state index in [4.69, 9.17) is 4.74 Å². The van der Waals surface area contributed by atoms with Crippen molar-refractivity contribution in [1.82, 2.24) is 4.90 Å². The number of ether oxygens (including phenoxy) is 1. The van der Waals surface area contributed by atoms with Crippen molar-refractivity contribution in [3.63, 3.8) is 0 Å². The first kappa shape index (κ1) is 14.4. The molecule has 0 fully saturated rings. The van der Waals surface area contributed by atoms with Gasteiger partial charge >= 0.3 is 5.97 Å². The molecule has 0 aromatic carbocycles. The Hall–Kier alpha value is -1.61.